The second-order valence-electron chi connectivity index (χ2n) is 7.43. The van der Waals surface area contributed by atoms with Crippen LogP contribution in [0.5, 0.6) is 0 Å². The highest BCUT2D eigenvalue weighted by atomic mass is 32.1. The first-order valence-electron chi connectivity index (χ1n) is 9.38. The summed E-state index contributed by atoms with van der Waals surface area (Å²) in [6.45, 7) is 0. The van der Waals surface area contributed by atoms with Crippen molar-refractivity contribution in [1.82, 2.24) is 14.5 Å². The minimum atomic E-state index is -4.76. The van der Waals surface area contributed by atoms with Gasteiger partial charge in [-0.15, -0.1) is 5.10 Å². The standard InChI is InChI=1S/C18H20F5N7OS/c1-30(25)28-13(24)10-4-2-9(3-5-10)12(11-6-7-17(19,20)8-11)14(31)26-16-27-15(29-32-16)18(21,22)23/h2-5,11-12H,6-8,25H2,1H3,(H2,24,28)(H,26,27,29,31). The third kappa shape index (κ3) is 5.68. The van der Waals surface area contributed by atoms with E-state index in [0.29, 0.717) is 22.7 Å². The number of carbonyl (C=O) groups is 1. The Morgan fingerprint density at radius 2 is 2.00 bits per heavy atom. The number of hydrazone groups is 1. The first-order chi connectivity index (χ1) is 14.9. The van der Waals surface area contributed by atoms with Crippen LogP contribution in [0.25, 0.3) is 0 Å². The molecule has 1 aromatic heterocycles. The molecule has 8 nitrogen and oxygen atoms in total. The van der Waals surface area contributed by atoms with Crippen molar-refractivity contribution in [1.29, 1.82) is 0 Å². The average molecular weight is 477 g/mol. The smallest absolute Gasteiger partial charge is 0.382 e. The van der Waals surface area contributed by atoms with Gasteiger partial charge < -0.3 is 11.1 Å². The number of nitrogens with two attached hydrogens (primary N) is 2. The molecule has 1 aliphatic rings. The molecular formula is C18H20F5N7OS. The van der Waals surface area contributed by atoms with Crippen LogP contribution in [0, 0.1) is 5.92 Å². The van der Waals surface area contributed by atoms with E-state index in [1.54, 1.807) is 12.1 Å². The summed E-state index contributed by atoms with van der Waals surface area (Å²) in [6, 6.07) is 6.18. The molecule has 14 heteroatoms. The number of benzene rings is 1. The number of anilines is 1. The molecule has 0 radical (unpaired) electrons. The SMILES string of the molecule is CN(N)/N=C(\N)c1ccc(C(C(=O)Nc2nc(C(F)(F)F)ns2)C2CCC(F)(F)C2)cc1. The van der Waals surface area contributed by atoms with Crippen LogP contribution >= 0.6 is 11.5 Å². The number of carbonyl (C=O) groups excluding carboxylic acids is 1. The molecule has 0 saturated heterocycles. The quantitative estimate of drug-likeness (QED) is 0.193. The second kappa shape index (κ2) is 8.94. The maximum absolute atomic E-state index is 13.9. The Morgan fingerprint density at radius 3 is 2.50 bits per heavy atom. The number of nitrogens with zero attached hydrogens (tertiary/aromatic N) is 4. The second-order valence-corrected chi connectivity index (χ2v) is 8.18. The maximum atomic E-state index is 13.9. The minimum Gasteiger partial charge on any atom is -0.382 e. The Bertz CT molecular complexity index is 990. The molecule has 2 atom stereocenters. The summed E-state index contributed by atoms with van der Waals surface area (Å²) in [6.07, 6.45) is -5.57. The summed E-state index contributed by atoms with van der Waals surface area (Å²) >= 11 is 0.362. The van der Waals surface area contributed by atoms with Gasteiger partial charge in [0.25, 0.3) is 0 Å². The lowest BCUT2D eigenvalue weighted by molar-refractivity contribution is -0.144. The molecule has 2 unspecified atom stereocenters. The van der Waals surface area contributed by atoms with Gasteiger partial charge in [0.2, 0.25) is 22.8 Å². The number of alkyl halides is 5. The fourth-order valence-electron chi connectivity index (χ4n) is 3.57. The van der Waals surface area contributed by atoms with E-state index < -0.39 is 42.1 Å². The van der Waals surface area contributed by atoms with Gasteiger partial charge in [-0.25, -0.2) is 19.7 Å². The predicted molar refractivity (Wildman–Crippen MR) is 108 cm³/mol. The van der Waals surface area contributed by atoms with Gasteiger partial charge in [0.15, 0.2) is 5.84 Å². The number of rotatable bonds is 6. The number of hydrogen-bond donors (Lipinski definition) is 3. The molecular weight excluding hydrogens is 457 g/mol. The number of amides is 1. The van der Waals surface area contributed by atoms with Gasteiger partial charge in [-0.05, 0) is 17.9 Å². The van der Waals surface area contributed by atoms with Crippen LogP contribution in [0.2, 0.25) is 0 Å². The van der Waals surface area contributed by atoms with E-state index in [0.717, 1.165) is 5.12 Å². The highest BCUT2D eigenvalue weighted by Gasteiger charge is 2.45. The molecule has 1 amide bonds. The molecule has 1 heterocycles. The van der Waals surface area contributed by atoms with E-state index in [9.17, 15) is 26.7 Å². The maximum Gasteiger partial charge on any atom is 0.452 e. The topological polar surface area (TPSA) is 123 Å². The first kappa shape index (κ1) is 23.8. The Hall–Kier alpha value is -2.87. The van der Waals surface area contributed by atoms with E-state index >= 15 is 0 Å². The lowest BCUT2D eigenvalue weighted by atomic mass is 9.83. The van der Waals surface area contributed by atoms with Gasteiger partial charge in [0.1, 0.15) is 0 Å². The van der Waals surface area contributed by atoms with Crippen LogP contribution in [0.3, 0.4) is 0 Å². The lowest BCUT2D eigenvalue weighted by Gasteiger charge is -2.23. The Labute approximate surface area is 183 Å². The molecule has 0 aliphatic heterocycles. The highest BCUT2D eigenvalue weighted by Crippen LogP contribution is 2.46. The number of amidine groups is 1. The number of aromatic nitrogens is 2. The average Bonchev–Trinajstić information content (AvgIpc) is 3.28. The van der Waals surface area contributed by atoms with Crippen LogP contribution in [0.15, 0.2) is 29.4 Å². The highest BCUT2D eigenvalue weighted by molar-refractivity contribution is 7.09. The van der Waals surface area contributed by atoms with E-state index in [4.69, 9.17) is 11.6 Å². The van der Waals surface area contributed by atoms with Crippen molar-refractivity contribution in [2.45, 2.75) is 37.3 Å². The summed E-state index contributed by atoms with van der Waals surface area (Å²) < 4.78 is 69.1. The largest absolute Gasteiger partial charge is 0.452 e. The molecule has 1 saturated carbocycles. The summed E-state index contributed by atoms with van der Waals surface area (Å²) in [4.78, 5) is 16.2. The van der Waals surface area contributed by atoms with Gasteiger partial charge >= 0.3 is 6.18 Å². The summed E-state index contributed by atoms with van der Waals surface area (Å²) in [5.41, 5.74) is 6.72. The molecule has 5 N–H and O–H groups in total. The van der Waals surface area contributed by atoms with Crippen LogP contribution in [-0.2, 0) is 11.0 Å². The molecule has 2 aromatic rings. The zero-order valence-electron chi connectivity index (χ0n) is 16.7. The lowest BCUT2D eigenvalue weighted by Crippen LogP contribution is -2.28. The molecule has 3 rings (SSSR count). The number of halogens is 5. The summed E-state index contributed by atoms with van der Waals surface area (Å²) in [5, 5.41) is 6.79. The number of hydrazine groups is 1. The van der Waals surface area contributed by atoms with E-state index in [1.165, 1.54) is 19.2 Å². The van der Waals surface area contributed by atoms with Gasteiger partial charge in [-0.2, -0.15) is 22.5 Å². The van der Waals surface area contributed by atoms with Crippen molar-refractivity contribution >= 4 is 28.4 Å². The Balaban J connectivity index is 1.87. The van der Waals surface area contributed by atoms with Gasteiger partial charge in [-0.1, -0.05) is 24.3 Å². The minimum absolute atomic E-state index is 0.0817. The molecule has 1 aromatic carbocycles. The Kier molecular flexibility index (Phi) is 6.64. The number of nitrogens with one attached hydrogen (secondary N) is 1. The van der Waals surface area contributed by atoms with E-state index in [2.05, 4.69) is 19.8 Å². The fourth-order valence-corrected chi connectivity index (χ4v) is 4.16. The van der Waals surface area contributed by atoms with E-state index in [-0.39, 0.29) is 23.8 Å². The zero-order chi connectivity index (χ0) is 23.7. The molecule has 0 spiro atoms. The van der Waals surface area contributed by atoms with Crippen LogP contribution in [0.4, 0.5) is 27.1 Å². The van der Waals surface area contributed by atoms with E-state index in [1.807, 2.05) is 0 Å². The van der Waals surface area contributed by atoms with Crippen molar-refractivity contribution in [3.63, 3.8) is 0 Å². The normalized spacial score (nSPS) is 19.6. The number of hydrogen-bond acceptors (Lipinski definition) is 7. The van der Waals surface area contributed by atoms with Crippen LogP contribution < -0.4 is 16.9 Å². The van der Waals surface area contributed by atoms with Gasteiger partial charge in [0.05, 0.1) is 5.92 Å². The Morgan fingerprint density at radius 1 is 1.34 bits per heavy atom. The molecule has 0 bridgehead atoms. The van der Waals surface area contributed by atoms with Crippen molar-refractivity contribution in [3.05, 3.63) is 41.2 Å². The van der Waals surface area contributed by atoms with Crippen molar-refractivity contribution in [2.24, 2.45) is 22.6 Å². The predicted octanol–water partition coefficient (Wildman–Crippen LogP) is 3.14. The summed E-state index contributed by atoms with van der Waals surface area (Å²) in [7, 11) is 1.47. The molecule has 174 valence electrons. The third-order valence-electron chi connectivity index (χ3n) is 4.94. The van der Waals surface area contributed by atoms with Crippen LogP contribution in [0.1, 0.15) is 42.1 Å². The van der Waals surface area contributed by atoms with Gasteiger partial charge in [0, 0.05) is 37.0 Å². The van der Waals surface area contributed by atoms with Crippen molar-refractivity contribution < 1.29 is 26.7 Å². The third-order valence-corrected chi connectivity index (χ3v) is 5.57. The van der Waals surface area contributed by atoms with Crippen LogP contribution in [-0.4, -0.2) is 39.2 Å². The van der Waals surface area contributed by atoms with Crippen molar-refractivity contribution in [2.75, 3.05) is 12.4 Å². The molecule has 1 fully saturated rings. The monoisotopic (exact) mass is 477 g/mol. The summed E-state index contributed by atoms with van der Waals surface area (Å²) in [5.74, 6) is -1.28. The zero-order valence-corrected chi connectivity index (χ0v) is 17.6. The van der Waals surface area contributed by atoms with Gasteiger partial charge in [-0.3, -0.25) is 4.79 Å². The molecule has 1 aliphatic carbocycles. The molecule has 32 heavy (non-hydrogen) atoms. The van der Waals surface area contributed by atoms with Crippen molar-refractivity contribution in [3.8, 4) is 0 Å². The fraction of sp³-hybridized carbons (Fsp3) is 0.444. The first-order valence-corrected chi connectivity index (χ1v) is 10.2.